The highest BCUT2D eigenvalue weighted by atomic mass is 79.9. The van der Waals surface area contributed by atoms with Crippen molar-refractivity contribution in [3.8, 4) is 11.5 Å². The maximum Gasteiger partial charge on any atom is 0.276 e. The van der Waals surface area contributed by atoms with Crippen molar-refractivity contribution in [2.24, 2.45) is 0 Å². The molecule has 1 amide bonds. The van der Waals surface area contributed by atoms with Crippen LogP contribution in [-0.4, -0.2) is 29.1 Å². The molecule has 2 aliphatic rings. The first-order valence-electron chi connectivity index (χ1n) is 10.6. The summed E-state index contributed by atoms with van der Waals surface area (Å²) in [6, 6.07) is 9.91. The van der Waals surface area contributed by atoms with E-state index >= 15 is 0 Å². The zero-order valence-corrected chi connectivity index (χ0v) is 20.1. The van der Waals surface area contributed by atoms with Crippen molar-refractivity contribution in [3.63, 3.8) is 0 Å². The molecule has 1 heterocycles. The quantitative estimate of drug-likeness (QED) is 0.400. The first-order valence-corrected chi connectivity index (χ1v) is 11.8. The van der Waals surface area contributed by atoms with Gasteiger partial charge >= 0.3 is 0 Å². The number of thiocarbonyl (C=S) groups is 1. The van der Waals surface area contributed by atoms with E-state index in [4.69, 9.17) is 21.7 Å². The van der Waals surface area contributed by atoms with E-state index in [-0.39, 0.29) is 24.4 Å². The number of halogens is 2. The van der Waals surface area contributed by atoms with E-state index in [2.05, 4.69) is 21.2 Å². The van der Waals surface area contributed by atoms with Crippen LogP contribution >= 0.6 is 28.1 Å². The number of ether oxygens (including phenoxy) is 2. The zero-order chi connectivity index (χ0) is 22.7. The van der Waals surface area contributed by atoms with Gasteiger partial charge in [0.05, 0.1) is 7.11 Å². The molecule has 1 saturated heterocycles. The molecule has 0 aromatic heterocycles. The molecule has 2 aromatic carbocycles. The van der Waals surface area contributed by atoms with Crippen LogP contribution in [0.25, 0.3) is 6.08 Å². The van der Waals surface area contributed by atoms with Crippen molar-refractivity contribution in [1.82, 2.24) is 10.2 Å². The maximum atomic E-state index is 13.1. The summed E-state index contributed by atoms with van der Waals surface area (Å²) in [5, 5.41) is 3.54. The molecule has 2 aromatic rings. The Hall–Kier alpha value is -2.45. The zero-order valence-electron chi connectivity index (χ0n) is 17.7. The lowest BCUT2D eigenvalue weighted by molar-refractivity contribution is -0.124. The number of carbonyl (C=O) groups is 1. The summed E-state index contributed by atoms with van der Waals surface area (Å²) >= 11 is 9.02. The van der Waals surface area contributed by atoms with Crippen molar-refractivity contribution < 1.29 is 18.7 Å². The van der Waals surface area contributed by atoms with Gasteiger partial charge < -0.3 is 14.8 Å². The monoisotopic (exact) mass is 518 g/mol. The lowest BCUT2D eigenvalue weighted by Crippen LogP contribution is -2.41. The standard InChI is InChI=1S/C24H24BrFN2O3S/c1-30-21-12-16(19(25)13-22(21)31-14-15-7-9-17(26)10-8-15)11-20-23(29)28(24(32)27-20)18-5-3-2-4-6-18/h7-13,18H,2-6,14H2,1H3,(H,27,32)/b20-11-. The number of benzene rings is 2. The Bertz CT molecular complexity index is 1050. The first kappa shape index (κ1) is 22.7. The van der Waals surface area contributed by atoms with E-state index in [0.717, 1.165) is 41.3 Å². The third-order valence-corrected chi connectivity index (χ3v) is 6.73. The summed E-state index contributed by atoms with van der Waals surface area (Å²) in [6.45, 7) is 0.272. The molecule has 0 unspecified atom stereocenters. The second kappa shape index (κ2) is 10.0. The second-order valence-electron chi connectivity index (χ2n) is 7.89. The Balaban J connectivity index is 1.53. The largest absolute Gasteiger partial charge is 0.493 e. The molecule has 0 bridgehead atoms. The molecule has 2 fully saturated rings. The lowest BCUT2D eigenvalue weighted by atomic mass is 9.94. The van der Waals surface area contributed by atoms with Gasteiger partial charge in [0.15, 0.2) is 16.6 Å². The predicted octanol–water partition coefficient (Wildman–Crippen LogP) is 5.57. The molecule has 0 spiro atoms. The molecule has 5 nitrogen and oxygen atoms in total. The number of hydrogen-bond acceptors (Lipinski definition) is 4. The minimum Gasteiger partial charge on any atom is -0.493 e. The highest BCUT2D eigenvalue weighted by molar-refractivity contribution is 9.10. The van der Waals surface area contributed by atoms with Crippen LogP contribution < -0.4 is 14.8 Å². The molecule has 1 saturated carbocycles. The van der Waals surface area contributed by atoms with Gasteiger partial charge in [-0.25, -0.2) is 4.39 Å². The summed E-state index contributed by atoms with van der Waals surface area (Å²) in [6.07, 6.45) is 7.20. The van der Waals surface area contributed by atoms with E-state index < -0.39 is 0 Å². The molecular formula is C24H24BrFN2O3S. The molecule has 0 radical (unpaired) electrons. The van der Waals surface area contributed by atoms with E-state index in [0.29, 0.717) is 22.3 Å². The summed E-state index contributed by atoms with van der Waals surface area (Å²) < 4.78 is 25.2. The maximum absolute atomic E-state index is 13.1. The van der Waals surface area contributed by atoms with Gasteiger partial charge in [-0.3, -0.25) is 9.69 Å². The van der Waals surface area contributed by atoms with Crippen LogP contribution in [0.5, 0.6) is 11.5 Å². The molecule has 1 aliphatic carbocycles. The Labute approximate surface area is 200 Å². The van der Waals surface area contributed by atoms with Gasteiger partial charge in [-0.2, -0.15) is 0 Å². The minimum absolute atomic E-state index is 0.0931. The summed E-state index contributed by atoms with van der Waals surface area (Å²) in [7, 11) is 1.56. The van der Waals surface area contributed by atoms with Crippen molar-refractivity contribution in [1.29, 1.82) is 0 Å². The third kappa shape index (κ3) is 4.96. The second-order valence-corrected chi connectivity index (χ2v) is 9.14. The molecule has 32 heavy (non-hydrogen) atoms. The van der Waals surface area contributed by atoms with Crippen LogP contribution in [0.3, 0.4) is 0 Å². The van der Waals surface area contributed by atoms with Crippen LogP contribution in [0.15, 0.2) is 46.6 Å². The number of amides is 1. The van der Waals surface area contributed by atoms with Gasteiger partial charge in [0.2, 0.25) is 0 Å². The van der Waals surface area contributed by atoms with Crippen LogP contribution in [0.4, 0.5) is 4.39 Å². The van der Waals surface area contributed by atoms with Crippen molar-refractivity contribution >= 4 is 45.2 Å². The van der Waals surface area contributed by atoms with Crippen LogP contribution in [-0.2, 0) is 11.4 Å². The fourth-order valence-electron chi connectivity index (χ4n) is 4.05. The molecule has 1 aliphatic heterocycles. The highest BCUT2D eigenvalue weighted by Crippen LogP contribution is 2.36. The van der Waals surface area contributed by atoms with Crippen molar-refractivity contribution in [2.45, 2.75) is 44.8 Å². The predicted molar refractivity (Wildman–Crippen MR) is 129 cm³/mol. The van der Waals surface area contributed by atoms with E-state index in [1.807, 2.05) is 0 Å². The molecule has 8 heteroatoms. The smallest absolute Gasteiger partial charge is 0.276 e. The van der Waals surface area contributed by atoms with Crippen molar-refractivity contribution in [2.75, 3.05) is 7.11 Å². The summed E-state index contributed by atoms with van der Waals surface area (Å²) in [5.41, 5.74) is 2.05. The average Bonchev–Trinajstić information content (AvgIpc) is 3.08. The molecule has 1 N–H and O–H groups in total. The normalized spacial score (nSPS) is 18.2. The number of nitrogens with one attached hydrogen (secondary N) is 1. The lowest BCUT2D eigenvalue weighted by Gasteiger charge is -2.29. The summed E-state index contributed by atoms with van der Waals surface area (Å²) in [5.74, 6) is 0.683. The number of nitrogens with zero attached hydrogens (tertiary/aromatic N) is 1. The van der Waals surface area contributed by atoms with Crippen molar-refractivity contribution in [3.05, 3.63) is 63.5 Å². The number of rotatable bonds is 6. The van der Waals surface area contributed by atoms with Crippen LogP contribution in [0, 0.1) is 5.82 Å². The van der Waals surface area contributed by atoms with E-state index in [9.17, 15) is 9.18 Å². The Morgan fingerprint density at radius 3 is 2.59 bits per heavy atom. The topological polar surface area (TPSA) is 50.8 Å². The number of methoxy groups -OCH3 is 1. The number of carbonyl (C=O) groups excluding carboxylic acids is 1. The van der Waals surface area contributed by atoms with E-state index in [1.165, 1.54) is 18.6 Å². The van der Waals surface area contributed by atoms with Gasteiger partial charge in [0, 0.05) is 10.5 Å². The highest BCUT2D eigenvalue weighted by Gasteiger charge is 2.36. The Morgan fingerprint density at radius 2 is 1.91 bits per heavy atom. The number of hydrogen-bond donors (Lipinski definition) is 1. The Kier molecular flexibility index (Phi) is 7.10. The molecule has 168 valence electrons. The van der Waals surface area contributed by atoms with Crippen LogP contribution in [0.1, 0.15) is 43.2 Å². The first-order chi connectivity index (χ1) is 15.5. The minimum atomic E-state index is -0.289. The molecule has 4 rings (SSSR count). The average molecular weight is 519 g/mol. The van der Waals surface area contributed by atoms with Gasteiger partial charge in [-0.15, -0.1) is 0 Å². The van der Waals surface area contributed by atoms with Gasteiger partial charge in [-0.05, 0) is 66.5 Å². The SMILES string of the molecule is COc1cc(/C=C2\NC(=S)N(C3CCCCC3)C2=O)c(Br)cc1OCc1ccc(F)cc1. The fourth-order valence-corrected chi connectivity index (χ4v) is 4.83. The van der Waals surface area contributed by atoms with E-state index in [1.54, 1.807) is 42.4 Å². The van der Waals surface area contributed by atoms with Gasteiger partial charge in [0.25, 0.3) is 5.91 Å². The molecular weight excluding hydrogens is 495 g/mol. The van der Waals surface area contributed by atoms with Gasteiger partial charge in [-0.1, -0.05) is 47.3 Å². The Morgan fingerprint density at radius 1 is 1.19 bits per heavy atom. The molecule has 0 atom stereocenters. The fraction of sp³-hybridized carbons (Fsp3) is 0.333. The summed E-state index contributed by atoms with van der Waals surface area (Å²) in [4.78, 5) is 14.8. The van der Waals surface area contributed by atoms with Gasteiger partial charge in [0.1, 0.15) is 18.1 Å². The van der Waals surface area contributed by atoms with Crippen LogP contribution in [0.2, 0.25) is 0 Å². The third-order valence-electron chi connectivity index (χ3n) is 5.74.